The number of carbonyl (C=O) groups excluding carboxylic acids is 2. The van der Waals surface area contributed by atoms with Gasteiger partial charge in [0.1, 0.15) is 4.32 Å². The number of carbonyl (C=O) groups is 2. The average Bonchev–Trinajstić information content (AvgIpc) is 3.01. The van der Waals surface area contributed by atoms with Gasteiger partial charge in [-0.1, -0.05) is 41.6 Å². The van der Waals surface area contributed by atoms with Crippen molar-refractivity contribution in [1.29, 1.82) is 0 Å². The van der Waals surface area contributed by atoms with Crippen LogP contribution < -0.4 is 20.1 Å². The number of rotatable bonds is 7. The first-order valence-electron chi connectivity index (χ1n) is 9.16. The highest BCUT2D eigenvalue weighted by Gasteiger charge is 2.22. The van der Waals surface area contributed by atoms with Gasteiger partial charge in [0.25, 0.3) is 11.8 Å². The summed E-state index contributed by atoms with van der Waals surface area (Å²) in [5, 5.41) is 5.92. The lowest BCUT2D eigenvalue weighted by Crippen LogP contribution is -2.20. The summed E-state index contributed by atoms with van der Waals surface area (Å²) in [5.74, 6) is 0.396. The fourth-order valence-corrected chi connectivity index (χ4v) is 4.66. The molecule has 2 aromatic carbocycles. The van der Waals surface area contributed by atoms with Gasteiger partial charge in [-0.15, -0.1) is 0 Å². The summed E-state index contributed by atoms with van der Waals surface area (Å²) in [5.41, 5.74) is 2.29. The van der Waals surface area contributed by atoms with E-state index < -0.39 is 0 Å². The standard InChI is InChI=1S/C21H18ClIN2O4S2/c1-3-28-16-7-12(8-17-20(27)25-21(30)31-17)6-15(23)19(16)29-10-18(26)24-13-5-4-11(2)14(22)9-13/h4-9H,3,10H2,1-2H3,(H,24,26)(H,25,27,30)/b17-8-. The highest BCUT2D eigenvalue weighted by molar-refractivity contribution is 14.1. The van der Waals surface area contributed by atoms with E-state index in [4.69, 9.17) is 33.3 Å². The van der Waals surface area contributed by atoms with Gasteiger partial charge in [-0.2, -0.15) is 0 Å². The molecule has 0 radical (unpaired) electrons. The zero-order valence-corrected chi connectivity index (χ0v) is 21.1. The van der Waals surface area contributed by atoms with Crippen LogP contribution in [0.1, 0.15) is 18.1 Å². The zero-order chi connectivity index (χ0) is 22.5. The lowest BCUT2D eigenvalue weighted by molar-refractivity contribution is -0.118. The molecule has 0 unspecified atom stereocenters. The van der Waals surface area contributed by atoms with E-state index in [9.17, 15) is 9.59 Å². The van der Waals surface area contributed by atoms with E-state index in [1.54, 1.807) is 24.3 Å². The summed E-state index contributed by atoms with van der Waals surface area (Å²) in [6.07, 6.45) is 1.74. The van der Waals surface area contributed by atoms with Crippen molar-refractivity contribution in [3.8, 4) is 11.5 Å². The second kappa shape index (κ2) is 10.7. The van der Waals surface area contributed by atoms with Gasteiger partial charge in [-0.3, -0.25) is 9.59 Å². The molecular weight excluding hydrogens is 571 g/mol. The van der Waals surface area contributed by atoms with Crippen LogP contribution in [0.5, 0.6) is 11.5 Å². The van der Waals surface area contributed by atoms with Crippen LogP contribution in [0.2, 0.25) is 5.02 Å². The Balaban J connectivity index is 1.75. The number of ether oxygens (including phenoxy) is 2. The number of aryl methyl sites for hydroxylation is 1. The van der Waals surface area contributed by atoms with Crippen LogP contribution >= 0.6 is 58.2 Å². The van der Waals surface area contributed by atoms with Gasteiger partial charge < -0.3 is 20.1 Å². The van der Waals surface area contributed by atoms with Gasteiger partial charge in [0.05, 0.1) is 15.1 Å². The first-order chi connectivity index (χ1) is 14.8. The number of thiocarbonyl (C=S) groups is 1. The van der Waals surface area contributed by atoms with E-state index in [-0.39, 0.29) is 18.4 Å². The van der Waals surface area contributed by atoms with Crippen LogP contribution in [0.4, 0.5) is 5.69 Å². The van der Waals surface area contributed by atoms with Crippen molar-refractivity contribution in [2.45, 2.75) is 13.8 Å². The maximum atomic E-state index is 12.3. The third kappa shape index (κ3) is 6.34. The predicted octanol–water partition coefficient (Wildman–Crippen LogP) is 5.16. The third-order valence-corrected chi connectivity index (χ3v) is 6.45. The molecule has 0 bridgehead atoms. The van der Waals surface area contributed by atoms with Gasteiger partial charge in [0.2, 0.25) is 0 Å². The summed E-state index contributed by atoms with van der Waals surface area (Å²) < 4.78 is 12.6. The molecule has 10 heteroatoms. The van der Waals surface area contributed by atoms with Crippen LogP contribution in [-0.4, -0.2) is 29.3 Å². The van der Waals surface area contributed by atoms with Gasteiger partial charge in [-0.25, -0.2) is 0 Å². The molecule has 2 amide bonds. The smallest absolute Gasteiger partial charge is 0.263 e. The number of hydrogen-bond acceptors (Lipinski definition) is 6. The molecule has 3 rings (SSSR count). The first-order valence-corrected chi connectivity index (χ1v) is 11.8. The molecule has 0 atom stereocenters. The monoisotopic (exact) mass is 588 g/mol. The maximum absolute atomic E-state index is 12.3. The number of benzene rings is 2. The van der Waals surface area contributed by atoms with Gasteiger partial charge >= 0.3 is 0 Å². The van der Waals surface area contributed by atoms with Gasteiger partial charge in [0.15, 0.2) is 18.1 Å². The van der Waals surface area contributed by atoms with Crippen molar-refractivity contribution in [3.63, 3.8) is 0 Å². The van der Waals surface area contributed by atoms with Crippen LogP contribution in [0.15, 0.2) is 35.2 Å². The molecule has 1 saturated heterocycles. The molecule has 0 aromatic heterocycles. The number of halogens is 2. The topological polar surface area (TPSA) is 76.7 Å². The number of hydrogen-bond donors (Lipinski definition) is 2. The summed E-state index contributed by atoms with van der Waals surface area (Å²) in [4.78, 5) is 24.8. The van der Waals surface area contributed by atoms with Crippen LogP contribution in [-0.2, 0) is 9.59 Å². The fourth-order valence-electron chi connectivity index (χ4n) is 2.65. The third-order valence-electron chi connectivity index (χ3n) is 4.07. The van der Waals surface area contributed by atoms with Crippen LogP contribution in [0.25, 0.3) is 6.08 Å². The molecule has 1 aliphatic heterocycles. The van der Waals surface area contributed by atoms with E-state index in [0.717, 1.165) is 14.7 Å². The molecule has 1 heterocycles. The summed E-state index contributed by atoms with van der Waals surface area (Å²) in [6, 6.07) is 8.91. The zero-order valence-electron chi connectivity index (χ0n) is 16.6. The second-order valence-electron chi connectivity index (χ2n) is 6.42. The van der Waals surface area contributed by atoms with E-state index in [1.807, 2.05) is 26.0 Å². The van der Waals surface area contributed by atoms with Crippen molar-refractivity contribution >= 4 is 86.1 Å². The Morgan fingerprint density at radius 1 is 1.32 bits per heavy atom. The molecule has 2 N–H and O–H groups in total. The Kier molecular flexibility index (Phi) is 8.20. The van der Waals surface area contributed by atoms with Crippen LogP contribution in [0.3, 0.4) is 0 Å². The largest absolute Gasteiger partial charge is 0.490 e. The SMILES string of the molecule is CCOc1cc(/C=C2\SC(=S)NC2=O)cc(I)c1OCC(=O)Nc1ccc(C)c(Cl)c1. The molecule has 2 aromatic rings. The van der Waals surface area contributed by atoms with E-state index in [0.29, 0.717) is 38.0 Å². The molecule has 1 fully saturated rings. The Morgan fingerprint density at radius 3 is 2.74 bits per heavy atom. The minimum absolute atomic E-state index is 0.200. The molecule has 0 aliphatic carbocycles. The van der Waals surface area contributed by atoms with Crippen molar-refractivity contribution in [1.82, 2.24) is 5.32 Å². The summed E-state index contributed by atoms with van der Waals surface area (Å²) in [7, 11) is 0. The maximum Gasteiger partial charge on any atom is 0.263 e. The fraction of sp³-hybridized carbons (Fsp3) is 0.190. The summed E-state index contributed by atoms with van der Waals surface area (Å²) >= 11 is 14.4. The number of thioether (sulfide) groups is 1. The Bertz CT molecular complexity index is 1090. The Hall–Kier alpha value is -1.82. The molecular formula is C21H18ClIN2O4S2. The summed E-state index contributed by atoms with van der Waals surface area (Å²) in [6.45, 7) is 3.96. The number of nitrogens with one attached hydrogen (secondary N) is 2. The van der Waals surface area contributed by atoms with E-state index >= 15 is 0 Å². The Labute approximate surface area is 208 Å². The van der Waals surface area contributed by atoms with Gasteiger partial charge in [-0.05, 0) is 77.9 Å². The van der Waals surface area contributed by atoms with E-state index in [2.05, 4.69) is 33.2 Å². The van der Waals surface area contributed by atoms with Crippen molar-refractivity contribution < 1.29 is 19.1 Å². The first kappa shape index (κ1) is 23.8. The average molecular weight is 589 g/mol. The van der Waals surface area contributed by atoms with Crippen molar-refractivity contribution in [2.24, 2.45) is 0 Å². The van der Waals surface area contributed by atoms with Crippen molar-refractivity contribution in [2.75, 3.05) is 18.5 Å². The quantitative estimate of drug-likeness (QED) is 0.265. The minimum Gasteiger partial charge on any atom is -0.490 e. The van der Waals surface area contributed by atoms with Gasteiger partial charge in [0, 0.05) is 10.7 Å². The lowest BCUT2D eigenvalue weighted by atomic mass is 10.2. The molecule has 0 saturated carbocycles. The number of anilines is 1. The number of amides is 2. The lowest BCUT2D eigenvalue weighted by Gasteiger charge is -2.15. The highest BCUT2D eigenvalue weighted by atomic mass is 127. The molecule has 1 aliphatic rings. The van der Waals surface area contributed by atoms with Crippen molar-refractivity contribution in [3.05, 3.63) is 55.0 Å². The molecule has 162 valence electrons. The molecule has 31 heavy (non-hydrogen) atoms. The molecule has 0 spiro atoms. The van der Waals surface area contributed by atoms with Crippen LogP contribution in [0, 0.1) is 10.5 Å². The normalized spacial score (nSPS) is 14.5. The van der Waals surface area contributed by atoms with E-state index in [1.165, 1.54) is 11.8 Å². The predicted molar refractivity (Wildman–Crippen MR) is 137 cm³/mol. The minimum atomic E-state index is -0.322. The molecule has 6 nitrogen and oxygen atoms in total. The highest BCUT2D eigenvalue weighted by Crippen LogP contribution is 2.36. The Morgan fingerprint density at radius 2 is 2.10 bits per heavy atom. The second-order valence-corrected chi connectivity index (χ2v) is 9.70.